The van der Waals surface area contributed by atoms with Gasteiger partial charge in [-0.1, -0.05) is 63.9 Å². The van der Waals surface area contributed by atoms with Gasteiger partial charge in [-0.25, -0.2) is 4.79 Å². The Balaban J connectivity index is 2.19. The van der Waals surface area contributed by atoms with Crippen molar-refractivity contribution in [1.82, 2.24) is 0 Å². The molecule has 0 aromatic heterocycles. The molecule has 8 heteroatoms. The van der Waals surface area contributed by atoms with E-state index in [0.717, 1.165) is 5.56 Å². The number of oxime groups is 3. The molecule has 0 aliphatic rings. The van der Waals surface area contributed by atoms with E-state index in [-0.39, 0.29) is 12.3 Å². The van der Waals surface area contributed by atoms with Gasteiger partial charge in [-0.15, -0.1) is 0 Å². The van der Waals surface area contributed by atoms with E-state index < -0.39 is 5.97 Å². The van der Waals surface area contributed by atoms with Crippen molar-refractivity contribution in [2.75, 3.05) is 21.3 Å². The smallest absolute Gasteiger partial charge is 0.360 e. The summed E-state index contributed by atoms with van der Waals surface area (Å²) >= 11 is 0. The van der Waals surface area contributed by atoms with Gasteiger partial charge in [-0.2, -0.15) is 0 Å². The van der Waals surface area contributed by atoms with Crippen LogP contribution in [0, 0.1) is 11.8 Å². The summed E-state index contributed by atoms with van der Waals surface area (Å²) in [7, 11) is 4.05. The van der Waals surface area contributed by atoms with Crippen molar-refractivity contribution < 1.29 is 24.0 Å². The van der Waals surface area contributed by atoms with Gasteiger partial charge in [0, 0.05) is 16.7 Å². The molecule has 0 atom stereocenters. The Morgan fingerprint density at radius 1 is 0.903 bits per heavy atom. The Kier molecular flexibility index (Phi) is 9.30. The van der Waals surface area contributed by atoms with Crippen molar-refractivity contribution in [1.29, 1.82) is 0 Å². The lowest BCUT2D eigenvalue weighted by Gasteiger charge is -2.09. The SMILES string of the molecule is CON=C(C#Cc1ccccc1)C(C)=NOCc1ccccc1C(=NOC)C(=O)OC. The van der Waals surface area contributed by atoms with E-state index >= 15 is 0 Å². The zero-order chi connectivity index (χ0) is 22.5. The summed E-state index contributed by atoms with van der Waals surface area (Å²) in [5, 5.41) is 11.8. The summed E-state index contributed by atoms with van der Waals surface area (Å²) in [6.45, 7) is 1.77. The second kappa shape index (κ2) is 12.4. The molecule has 8 nitrogen and oxygen atoms in total. The van der Waals surface area contributed by atoms with Gasteiger partial charge in [0.05, 0.1) is 7.11 Å². The van der Waals surface area contributed by atoms with Crippen LogP contribution >= 0.6 is 0 Å². The molecular formula is C23H23N3O5. The largest absolute Gasteiger partial charge is 0.464 e. The number of carbonyl (C=O) groups excluding carboxylic acids is 1. The maximum Gasteiger partial charge on any atom is 0.360 e. The lowest BCUT2D eigenvalue weighted by Crippen LogP contribution is -2.19. The fraction of sp³-hybridized carbons (Fsp3) is 0.217. The summed E-state index contributed by atoms with van der Waals surface area (Å²) in [4.78, 5) is 27.2. The Hall–Kier alpha value is -4.12. The molecule has 0 fully saturated rings. The van der Waals surface area contributed by atoms with Gasteiger partial charge in [-0.05, 0) is 25.0 Å². The Morgan fingerprint density at radius 2 is 1.58 bits per heavy atom. The maximum absolute atomic E-state index is 12.0. The average Bonchev–Trinajstić information content (AvgIpc) is 2.80. The van der Waals surface area contributed by atoms with E-state index in [1.54, 1.807) is 25.1 Å². The summed E-state index contributed by atoms with van der Waals surface area (Å²) < 4.78 is 4.78. The van der Waals surface area contributed by atoms with Gasteiger partial charge in [0.2, 0.25) is 0 Å². The van der Waals surface area contributed by atoms with E-state index in [2.05, 4.69) is 27.3 Å². The first-order chi connectivity index (χ1) is 15.1. The minimum atomic E-state index is -0.625. The number of nitrogens with zero attached hydrogens (tertiary/aromatic N) is 3. The first-order valence-electron chi connectivity index (χ1n) is 9.23. The van der Waals surface area contributed by atoms with Crippen LogP contribution in [0.2, 0.25) is 0 Å². The summed E-state index contributed by atoms with van der Waals surface area (Å²) in [5.74, 6) is 5.29. The Bertz CT molecular complexity index is 1030. The number of rotatable bonds is 8. The number of esters is 1. The van der Waals surface area contributed by atoms with Crippen LogP contribution in [0.5, 0.6) is 0 Å². The van der Waals surface area contributed by atoms with Crippen molar-refractivity contribution in [2.24, 2.45) is 15.5 Å². The molecule has 0 saturated carbocycles. The van der Waals surface area contributed by atoms with Crippen molar-refractivity contribution in [2.45, 2.75) is 13.5 Å². The summed E-state index contributed by atoms with van der Waals surface area (Å²) in [5.41, 5.74) is 2.80. The highest BCUT2D eigenvalue weighted by Gasteiger charge is 2.19. The predicted molar refractivity (Wildman–Crippen MR) is 118 cm³/mol. The highest BCUT2D eigenvalue weighted by atomic mass is 16.6. The molecule has 0 spiro atoms. The number of carbonyl (C=O) groups is 1. The number of hydrogen-bond donors (Lipinski definition) is 0. The quantitative estimate of drug-likeness (QED) is 0.283. The third-order valence-electron chi connectivity index (χ3n) is 3.88. The van der Waals surface area contributed by atoms with E-state index in [9.17, 15) is 4.79 Å². The molecule has 2 aromatic carbocycles. The lowest BCUT2D eigenvalue weighted by molar-refractivity contribution is -0.132. The van der Waals surface area contributed by atoms with Crippen molar-refractivity contribution >= 4 is 23.1 Å². The molecule has 2 rings (SSSR count). The molecule has 160 valence electrons. The predicted octanol–water partition coefficient (Wildman–Crippen LogP) is 3.16. The molecule has 0 unspecified atom stereocenters. The second-order valence-electron chi connectivity index (χ2n) is 5.96. The first kappa shape index (κ1) is 23.2. The third kappa shape index (κ3) is 7.01. The van der Waals surface area contributed by atoms with E-state index in [0.29, 0.717) is 22.6 Å². The Labute approximate surface area is 181 Å². The van der Waals surface area contributed by atoms with E-state index in [1.807, 2.05) is 36.4 Å². The highest BCUT2D eigenvalue weighted by Crippen LogP contribution is 2.13. The van der Waals surface area contributed by atoms with Gasteiger partial charge in [0.25, 0.3) is 0 Å². The van der Waals surface area contributed by atoms with Crippen LogP contribution in [0.15, 0.2) is 70.1 Å². The van der Waals surface area contributed by atoms with Gasteiger partial charge in [-0.3, -0.25) is 0 Å². The minimum Gasteiger partial charge on any atom is -0.464 e. The van der Waals surface area contributed by atoms with Crippen LogP contribution in [0.3, 0.4) is 0 Å². The monoisotopic (exact) mass is 421 g/mol. The van der Waals surface area contributed by atoms with Crippen LogP contribution < -0.4 is 0 Å². The second-order valence-corrected chi connectivity index (χ2v) is 5.96. The molecule has 0 aliphatic heterocycles. The molecule has 0 heterocycles. The number of ether oxygens (including phenoxy) is 1. The zero-order valence-electron chi connectivity index (χ0n) is 17.8. The molecule has 0 aliphatic carbocycles. The van der Waals surface area contributed by atoms with Crippen molar-refractivity contribution in [3.63, 3.8) is 0 Å². The standard InChI is InChI=1S/C23H23N3O5/c1-17(21(25-29-3)15-14-18-10-6-5-7-11-18)24-31-16-19-12-8-9-13-20(19)22(26-30-4)23(27)28-2/h5-13H,16H2,1-4H3. The Morgan fingerprint density at radius 3 is 2.26 bits per heavy atom. The van der Waals surface area contributed by atoms with Crippen molar-refractivity contribution in [3.05, 3.63) is 71.3 Å². The summed E-state index contributed by atoms with van der Waals surface area (Å²) in [6.07, 6.45) is 0. The van der Waals surface area contributed by atoms with Gasteiger partial charge < -0.3 is 19.2 Å². The molecular weight excluding hydrogens is 398 g/mol. The fourth-order valence-electron chi connectivity index (χ4n) is 2.43. The molecule has 0 saturated heterocycles. The number of methoxy groups -OCH3 is 1. The molecule has 0 radical (unpaired) electrons. The third-order valence-corrected chi connectivity index (χ3v) is 3.88. The summed E-state index contributed by atoms with van der Waals surface area (Å²) in [6, 6.07) is 16.6. The topological polar surface area (TPSA) is 91.1 Å². The molecule has 0 amide bonds. The zero-order valence-corrected chi connectivity index (χ0v) is 17.8. The fourth-order valence-corrected chi connectivity index (χ4v) is 2.43. The molecule has 31 heavy (non-hydrogen) atoms. The number of benzene rings is 2. The van der Waals surface area contributed by atoms with Gasteiger partial charge in [0.15, 0.2) is 11.4 Å². The van der Waals surface area contributed by atoms with Crippen LogP contribution in [0.25, 0.3) is 0 Å². The van der Waals surface area contributed by atoms with Crippen LogP contribution in [0.1, 0.15) is 23.6 Å². The average molecular weight is 421 g/mol. The van der Waals surface area contributed by atoms with E-state index in [4.69, 9.17) is 19.2 Å². The van der Waals surface area contributed by atoms with E-state index in [1.165, 1.54) is 21.3 Å². The van der Waals surface area contributed by atoms with Crippen LogP contribution in [-0.4, -0.2) is 44.4 Å². The van der Waals surface area contributed by atoms with Crippen LogP contribution in [-0.2, 0) is 30.7 Å². The number of hydrogen-bond acceptors (Lipinski definition) is 8. The first-order valence-corrected chi connectivity index (χ1v) is 9.23. The maximum atomic E-state index is 12.0. The minimum absolute atomic E-state index is 0.0280. The lowest BCUT2D eigenvalue weighted by atomic mass is 10.0. The highest BCUT2D eigenvalue weighted by molar-refractivity contribution is 6.47. The normalized spacial score (nSPS) is 11.8. The van der Waals surface area contributed by atoms with Crippen LogP contribution in [0.4, 0.5) is 0 Å². The van der Waals surface area contributed by atoms with Gasteiger partial charge >= 0.3 is 5.97 Å². The molecule has 0 bridgehead atoms. The van der Waals surface area contributed by atoms with Crippen molar-refractivity contribution in [3.8, 4) is 11.8 Å². The molecule has 0 N–H and O–H groups in total. The van der Waals surface area contributed by atoms with Gasteiger partial charge in [0.1, 0.15) is 26.5 Å². The molecule has 2 aromatic rings.